The number of rotatable bonds is 8. The van der Waals surface area contributed by atoms with Crippen LogP contribution < -0.4 is 15.9 Å². The molecule has 2 heterocycles. The number of aliphatic hydroxyl groups is 2. The number of hydrazone groups is 1. The van der Waals surface area contributed by atoms with Crippen molar-refractivity contribution in [3.8, 4) is 17.2 Å². The Morgan fingerprint density at radius 2 is 1.86 bits per heavy atom. The number of aromatic hydroxyl groups is 2. The van der Waals surface area contributed by atoms with Gasteiger partial charge in [-0.25, -0.2) is 5.43 Å². The molecular weight excluding hydrogens is 642 g/mol. The summed E-state index contributed by atoms with van der Waals surface area (Å²) in [6.07, 6.45) is -1.89. The molecule has 2 aliphatic heterocycles. The smallest absolute Gasteiger partial charge is 0.236 e. The number of phenolic OH excluding ortho intramolecular Hbond substituents is 2. The highest BCUT2D eigenvalue weighted by atomic mass is 16.7. The monoisotopic (exact) mass is 683 g/mol. The van der Waals surface area contributed by atoms with Gasteiger partial charge in [-0.1, -0.05) is 12.1 Å². The van der Waals surface area contributed by atoms with Crippen LogP contribution in [0.3, 0.4) is 0 Å². The summed E-state index contributed by atoms with van der Waals surface area (Å²) in [5.74, 6) is -3.25. The number of nitrogens with zero attached hydrogens (tertiary/aromatic N) is 1. The molecule has 0 bridgehead atoms. The van der Waals surface area contributed by atoms with Gasteiger partial charge in [0.2, 0.25) is 11.7 Å². The number of hydrogen-bond donors (Lipinski definition) is 6. The van der Waals surface area contributed by atoms with Crippen molar-refractivity contribution in [3.05, 3.63) is 51.6 Å². The molecule has 0 unspecified atom stereocenters. The Balaban J connectivity index is 1.41. The SMILES string of the molecule is COc1cccc2c1C(=O)c1c(O)c3c(c(O)c1C2=O)C[C@@](O)(/C(CO)=N/NC(C)=O)C[C@@H]3O[C@H]1C[C@H](N)[C@H](O[C@@H]2CCCCO2)[C@H](C)O1. The van der Waals surface area contributed by atoms with Gasteiger partial charge in [0.1, 0.15) is 29.0 Å². The maximum atomic E-state index is 14.0. The summed E-state index contributed by atoms with van der Waals surface area (Å²) < 4.78 is 29.8. The highest BCUT2D eigenvalue weighted by Gasteiger charge is 2.50. The lowest BCUT2D eigenvalue weighted by molar-refractivity contribution is -0.280. The molecular formula is C34H41N3O12. The van der Waals surface area contributed by atoms with E-state index in [4.69, 9.17) is 29.4 Å². The lowest BCUT2D eigenvalue weighted by atomic mass is 9.71. The van der Waals surface area contributed by atoms with E-state index in [1.807, 2.05) is 0 Å². The van der Waals surface area contributed by atoms with Gasteiger partial charge in [-0.05, 0) is 32.3 Å². The maximum absolute atomic E-state index is 14.0. The van der Waals surface area contributed by atoms with Crippen LogP contribution in [0, 0.1) is 0 Å². The van der Waals surface area contributed by atoms with E-state index in [9.17, 15) is 34.8 Å². The van der Waals surface area contributed by atoms with Crippen LogP contribution in [0.2, 0.25) is 0 Å². The Labute approximate surface area is 281 Å². The van der Waals surface area contributed by atoms with Crippen LogP contribution in [0.25, 0.3) is 0 Å². The number of carbonyl (C=O) groups is 3. The molecule has 2 aliphatic carbocycles. The normalized spacial score (nSPS) is 29.9. The highest BCUT2D eigenvalue weighted by Crippen LogP contribution is 2.52. The molecule has 49 heavy (non-hydrogen) atoms. The fourth-order valence-corrected chi connectivity index (χ4v) is 7.24. The summed E-state index contributed by atoms with van der Waals surface area (Å²) in [5.41, 5.74) is 5.23. The fraction of sp³-hybridized carbons (Fsp3) is 0.529. The number of fused-ring (bicyclic) bond motifs is 3. The molecule has 0 spiro atoms. The molecule has 1 amide bonds. The van der Waals surface area contributed by atoms with Gasteiger partial charge in [0.05, 0.1) is 48.3 Å². The summed E-state index contributed by atoms with van der Waals surface area (Å²) in [4.78, 5) is 39.4. The second-order valence-electron chi connectivity index (χ2n) is 12.9. The molecule has 4 aliphatic rings. The predicted molar refractivity (Wildman–Crippen MR) is 170 cm³/mol. The van der Waals surface area contributed by atoms with Gasteiger partial charge >= 0.3 is 0 Å². The second kappa shape index (κ2) is 13.7. The third-order valence-corrected chi connectivity index (χ3v) is 9.59. The largest absolute Gasteiger partial charge is 0.507 e. The van der Waals surface area contributed by atoms with Crippen LogP contribution in [0.5, 0.6) is 17.2 Å². The zero-order valence-corrected chi connectivity index (χ0v) is 27.4. The van der Waals surface area contributed by atoms with Crippen molar-refractivity contribution < 1.29 is 58.5 Å². The van der Waals surface area contributed by atoms with Gasteiger partial charge in [0, 0.05) is 55.5 Å². The zero-order valence-electron chi connectivity index (χ0n) is 27.4. The van der Waals surface area contributed by atoms with Crippen LogP contribution >= 0.6 is 0 Å². The molecule has 0 saturated carbocycles. The predicted octanol–water partition coefficient (Wildman–Crippen LogP) is 1.48. The average molecular weight is 684 g/mol. The Morgan fingerprint density at radius 3 is 2.51 bits per heavy atom. The first kappa shape index (κ1) is 34.9. The maximum Gasteiger partial charge on any atom is 0.236 e. The molecule has 15 nitrogen and oxygen atoms in total. The molecule has 264 valence electrons. The number of hydrogen-bond acceptors (Lipinski definition) is 14. The van der Waals surface area contributed by atoms with Gasteiger partial charge in [-0.15, -0.1) is 0 Å². The lowest BCUT2D eigenvalue weighted by Gasteiger charge is -2.44. The lowest BCUT2D eigenvalue weighted by Crippen LogP contribution is -2.55. The first-order chi connectivity index (χ1) is 23.4. The van der Waals surface area contributed by atoms with E-state index < -0.39 is 95.7 Å². The van der Waals surface area contributed by atoms with Crippen molar-refractivity contribution in [1.82, 2.24) is 5.43 Å². The number of ether oxygens (including phenoxy) is 5. The van der Waals surface area contributed by atoms with Crippen LogP contribution in [0.1, 0.15) is 95.0 Å². The first-order valence-corrected chi connectivity index (χ1v) is 16.3. The van der Waals surface area contributed by atoms with E-state index in [2.05, 4.69) is 10.5 Å². The highest BCUT2D eigenvalue weighted by molar-refractivity contribution is 6.31. The average Bonchev–Trinajstić information content (AvgIpc) is 3.06. The Kier molecular flexibility index (Phi) is 9.79. The number of nitrogens with one attached hydrogen (secondary N) is 1. The van der Waals surface area contributed by atoms with Crippen molar-refractivity contribution in [2.45, 2.75) is 94.9 Å². The second-order valence-corrected chi connectivity index (χ2v) is 12.9. The number of carbonyl (C=O) groups excluding carboxylic acids is 3. The molecule has 2 aromatic carbocycles. The molecule has 0 radical (unpaired) electrons. The first-order valence-electron chi connectivity index (χ1n) is 16.3. The molecule has 0 aromatic heterocycles. The topological polar surface area (TPSA) is 229 Å². The van der Waals surface area contributed by atoms with Crippen LogP contribution in [0.15, 0.2) is 23.3 Å². The van der Waals surface area contributed by atoms with E-state index in [1.54, 1.807) is 6.92 Å². The summed E-state index contributed by atoms with van der Waals surface area (Å²) >= 11 is 0. The zero-order chi connectivity index (χ0) is 35.2. The number of phenols is 2. The molecule has 2 saturated heterocycles. The number of aliphatic hydroxyl groups excluding tert-OH is 1. The Bertz CT molecular complexity index is 1680. The molecule has 7 N–H and O–H groups in total. The van der Waals surface area contributed by atoms with E-state index in [-0.39, 0.29) is 46.6 Å². The molecule has 2 fully saturated rings. The summed E-state index contributed by atoms with van der Waals surface area (Å²) in [6, 6.07) is 3.87. The van der Waals surface area contributed by atoms with E-state index in [0.29, 0.717) is 6.61 Å². The third-order valence-electron chi connectivity index (χ3n) is 9.59. The number of benzene rings is 2. The quantitative estimate of drug-likeness (QED) is 0.112. The van der Waals surface area contributed by atoms with E-state index in [1.165, 1.54) is 32.2 Å². The van der Waals surface area contributed by atoms with Crippen LogP contribution in [-0.4, -0.2) is 100 Å². The molecule has 6 rings (SSSR count). The van der Waals surface area contributed by atoms with Gasteiger partial charge < -0.3 is 49.8 Å². The molecule has 15 heteroatoms. The minimum Gasteiger partial charge on any atom is -0.507 e. The third kappa shape index (κ3) is 6.31. The van der Waals surface area contributed by atoms with Crippen molar-refractivity contribution in [2.24, 2.45) is 10.8 Å². The molecule has 2 aromatic rings. The number of amides is 1. The van der Waals surface area contributed by atoms with Crippen molar-refractivity contribution in [2.75, 3.05) is 20.3 Å². The minimum absolute atomic E-state index is 0.0392. The number of methoxy groups -OCH3 is 1. The Morgan fingerprint density at radius 1 is 1.10 bits per heavy atom. The summed E-state index contributed by atoms with van der Waals surface area (Å²) in [6.45, 7) is 2.75. The van der Waals surface area contributed by atoms with Gasteiger partial charge in [-0.2, -0.15) is 5.10 Å². The molecule has 7 atom stereocenters. The van der Waals surface area contributed by atoms with E-state index in [0.717, 1.165) is 19.3 Å². The summed E-state index contributed by atoms with van der Waals surface area (Å²) in [5, 5.41) is 49.7. The van der Waals surface area contributed by atoms with Crippen molar-refractivity contribution >= 4 is 23.2 Å². The van der Waals surface area contributed by atoms with Crippen LogP contribution in [-0.2, 0) is 30.2 Å². The van der Waals surface area contributed by atoms with Crippen molar-refractivity contribution in [1.29, 1.82) is 0 Å². The van der Waals surface area contributed by atoms with Crippen LogP contribution in [0.4, 0.5) is 0 Å². The van der Waals surface area contributed by atoms with E-state index >= 15 is 0 Å². The minimum atomic E-state index is -2.07. The van der Waals surface area contributed by atoms with Crippen molar-refractivity contribution in [3.63, 3.8) is 0 Å². The Hall–Kier alpha value is -3.96. The fourth-order valence-electron chi connectivity index (χ4n) is 7.24. The number of nitrogens with two attached hydrogens (primary N) is 1. The number of ketones is 2. The van der Waals surface area contributed by atoms with Gasteiger partial charge in [-0.3, -0.25) is 14.4 Å². The standard InChI is InChI=1S/C34H41N3O12/c1-15-33(49-23-9-4-5-10-46-23)19(35)11-24(47-15)48-21-13-34(44,22(14-38)37-36-16(2)39)12-18-26(21)32(43)28-27(30(18)41)29(40)17-7-6-8-20(45-3)25(17)31(28)42/h6-8,15,19,21,23-24,33,38,41,43-44H,4-5,9-14,35H2,1-3H3,(H,36,39)/b37-22+/t15-,19-,21-,23+,24-,33+,34-/m0/s1. The summed E-state index contributed by atoms with van der Waals surface area (Å²) in [7, 11) is 1.34. The van der Waals surface area contributed by atoms with Gasteiger partial charge in [0.25, 0.3) is 0 Å². The van der Waals surface area contributed by atoms with Gasteiger partial charge in [0.15, 0.2) is 18.4 Å².